The number of nitrogens with one attached hydrogen (secondary N) is 1. The summed E-state index contributed by atoms with van der Waals surface area (Å²) >= 11 is 1.18. The molecular formula is C23H31N3O4S2. The second-order valence-corrected chi connectivity index (χ2v) is 11.1. The molecule has 1 unspecified atom stereocenters. The Morgan fingerprint density at radius 2 is 1.69 bits per heavy atom. The first-order chi connectivity index (χ1) is 15.5. The molecule has 2 fully saturated rings. The van der Waals surface area contributed by atoms with E-state index in [1.54, 1.807) is 18.6 Å². The SMILES string of the molecule is COc1ccc(C(CNC(=O)c2sccc2S(=O)(=O)N2CCCC2)N2CCCCC2)cc1. The maximum Gasteiger partial charge on any atom is 0.262 e. The molecule has 1 aromatic heterocycles. The van der Waals surface area contributed by atoms with Crippen molar-refractivity contribution in [2.45, 2.75) is 43.0 Å². The number of benzene rings is 1. The number of hydrogen-bond acceptors (Lipinski definition) is 6. The van der Waals surface area contributed by atoms with Crippen LogP contribution in [0.15, 0.2) is 40.6 Å². The molecular weight excluding hydrogens is 446 g/mol. The van der Waals surface area contributed by atoms with E-state index in [1.165, 1.54) is 22.1 Å². The number of methoxy groups -OCH3 is 1. The number of ether oxygens (including phenoxy) is 1. The van der Waals surface area contributed by atoms with Gasteiger partial charge in [0.2, 0.25) is 10.0 Å². The minimum Gasteiger partial charge on any atom is -0.497 e. The molecule has 2 saturated heterocycles. The maximum atomic E-state index is 13.1. The average molecular weight is 478 g/mol. The highest BCUT2D eigenvalue weighted by atomic mass is 32.2. The molecule has 2 aromatic rings. The fraction of sp³-hybridized carbons (Fsp3) is 0.522. The number of likely N-dealkylation sites (tertiary alicyclic amines) is 1. The Labute approximate surface area is 194 Å². The Bertz CT molecular complexity index is 1010. The van der Waals surface area contributed by atoms with Crippen molar-refractivity contribution in [3.63, 3.8) is 0 Å². The molecule has 1 amide bonds. The summed E-state index contributed by atoms with van der Waals surface area (Å²) in [5.74, 6) is 0.471. The normalized spacial score (nSPS) is 19.0. The quantitative estimate of drug-likeness (QED) is 0.630. The molecule has 174 valence electrons. The van der Waals surface area contributed by atoms with Crippen molar-refractivity contribution < 1.29 is 17.9 Å². The number of hydrogen-bond donors (Lipinski definition) is 1. The first-order valence-electron chi connectivity index (χ1n) is 11.2. The molecule has 1 N–H and O–H groups in total. The maximum absolute atomic E-state index is 13.1. The van der Waals surface area contributed by atoms with Gasteiger partial charge in [-0.15, -0.1) is 11.3 Å². The van der Waals surface area contributed by atoms with Crippen LogP contribution in [0.5, 0.6) is 5.75 Å². The van der Waals surface area contributed by atoms with Gasteiger partial charge in [0.15, 0.2) is 0 Å². The number of carbonyl (C=O) groups is 1. The number of sulfonamides is 1. The molecule has 2 aliphatic rings. The number of rotatable bonds is 8. The fourth-order valence-corrected chi connectivity index (χ4v) is 7.35. The highest BCUT2D eigenvalue weighted by Gasteiger charge is 2.32. The summed E-state index contributed by atoms with van der Waals surface area (Å²) in [6.45, 7) is 3.44. The van der Waals surface area contributed by atoms with Crippen LogP contribution < -0.4 is 10.1 Å². The topological polar surface area (TPSA) is 78.9 Å². The summed E-state index contributed by atoms with van der Waals surface area (Å²) < 4.78 is 32.8. The van der Waals surface area contributed by atoms with E-state index in [1.807, 2.05) is 24.3 Å². The van der Waals surface area contributed by atoms with Crippen LogP contribution in [0.3, 0.4) is 0 Å². The van der Waals surface area contributed by atoms with E-state index in [0.717, 1.165) is 50.1 Å². The molecule has 3 heterocycles. The standard InChI is InChI=1S/C23H31N3O4S2/c1-30-19-9-7-18(8-10-19)20(25-12-3-2-4-13-25)17-24-23(27)22-21(11-16-31-22)32(28,29)26-14-5-6-15-26/h7-11,16,20H,2-6,12-15,17H2,1H3,(H,24,27). The summed E-state index contributed by atoms with van der Waals surface area (Å²) in [5.41, 5.74) is 1.11. The summed E-state index contributed by atoms with van der Waals surface area (Å²) in [4.78, 5) is 15.9. The van der Waals surface area contributed by atoms with Crippen LogP contribution in [0.2, 0.25) is 0 Å². The van der Waals surface area contributed by atoms with Crippen LogP contribution >= 0.6 is 11.3 Å². The van der Waals surface area contributed by atoms with Crippen molar-refractivity contribution in [2.75, 3.05) is 39.8 Å². The molecule has 2 aliphatic heterocycles. The van der Waals surface area contributed by atoms with Gasteiger partial charge in [-0.3, -0.25) is 9.69 Å². The van der Waals surface area contributed by atoms with E-state index in [2.05, 4.69) is 10.2 Å². The van der Waals surface area contributed by atoms with Gasteiger partial charge in [-0.25, -0.2) is 8.42 Å². The van der Waals surface area contributed by atoms with Gasteiger partial charge in [-0.05, 0) is 67.9 Å². The number of thiophene rings is 1. The van der Waals surface area contributed by atoms with Crippen LogP contribution in [-0.4, -0.2) is 63.4 Å². The second kappa shape index (κ2) is 10.3. The lowest BCUT2D eigenvalue weighted by Gasteiger charge is -2.35. The van der Waals surface area contributed by atoms with E-state index in [4.69, 9.17) is 4.74 Å². The van der Waals surface area contributed by atoms with Crippen molar-refractivity contribution in [1.29, 1.82) is 0 Å². The molecule has 9 heteroatoms. The molecule has 32 heavy (non-hydrogen) atoms. The Hall–Kier alpha value is -1.94. The Kier molecular flexibility index (Phi) is 7.50. The molecule has 0 bridgehead atoms. The fourth-order valence-electron chi connectivity index (χ4n) is 4.52. The number of piperidine rings is 1. The van der Waals surface area contributed by atoms with Crippen LogP contribution in [0.1, 0.15) is 53.4 Å². The summed E-state index contributed by atoms with van der Waals surface area (Å²) in [5, 5.41) is 4.71. The average Bonchev–Trinajstić information content (AvgIpc) is 3.53. The van der Waals surface area contributed by atoms with Gasteiger partial charge in [0, 0.05) is 19.6 Å². The summed E-state index contributed by atoms with van der Waals surface area (Å²) in [7, 11) is -1.99. The molecule has 1 atom stereocenters. The van der Waals surface area contributed by atoms with Crippen LogP contribution in [0.25, 0.3) is 0 Å². The predicted octanol–water partition coefficient (Wildman–Crippen LogP) is 3.50. The molecule has 0 spiro atoms. The van der Waals surface area contributed by atoms with Crippen molar-refractivity contribution in [3.05, 3.63) is 46.2 Å². The first kappa shape index (κ1) is 23.2. The van der Waals surface area contributed by atoms with Crippen LogP contribution in [-0.2, 0) is 10.0 Å². The van der Waals surface area contributed by atoms with E-state index in [-0.39, 0.29) is 21.7 Å². The molecule has 7 nitrogen and oxygen atoms in total. The monoisotopic (exact) mass is 477 g/mol. The molecule has 0 radical (unpaired) electrons. The lowest BCUT2D eigenvalue weighted by Crippen LogP contribution is -2.40. The summed E-state index contributed by atoms with van der Waals surface area (Å²) in [6.07, 6.45) is 5.24. The highest BCUT2D eigenvalue weighted by molar-refractivity contribution is 7.89. The number of amides is 1. The zero-order valence-electron chi connectivity index (χ0n) is 18.5. The van der Waals surface area contributed by atoms with E-state index < -0.39 is 10.0 Å². The van der Waals surface area contributed by atoms with E-state index >= 15 is 0 Å². The van der Waals surface area contributed by atoms with Gasteiger partial charge < -0.3 is 10.1 Å². The van der Waals surface area contributed by atoms with Gasteiger partial charge >= 0.3 is 0 Å². The van der Waals surface area contributed by atoms with E-state index in [9.17, 15) is 13.2 Å². The second-order valence-electron chi connectivity index (χ2n) is 8.32. The highest BCUT2D eigenvalue weighted by Crippen LogP contribution is 2.29. The molecule has 0 aliphatic carbocycles. The van der Waals surface area contributed by atoms with Gasteiger partial charge in [-0.1, -0.05) is 18.6 Å². The van der Waals surface area contributed by atoms with Gasteiger partial charge in [-0.2, -0.15) is 4.31 Å². The lowest BCUT2D eigenvalue weighted by molar-refractivity contribution is 0.0925. The smallest absolute Gasteiger partial charge is 0.262 e. The van der Waals surface area contributed by atoms with Crippen molar-refractivity contribution in [2.24, 2.45) is 0 Å². The largest absolute Gasteiger partial charge is 0.497 e. The van der Waals surface area contributed by atoms with Crippen LogP contribution in [0.4, 0.5) is 0 Å². The van der Waals surface area contributed by atoms with Crippen molar-refractivity contribution in [1.82, 2.24) is 14.5 Å². The third kappa shape index (κ3) is 5.01. The number of carbonyl (C=O) groups excluding carboxylic acids is 1. The molecule has 1 aromatic carbocycles. The first-order valence-corrected chi connectivity index (χ1v) is 13.6. The Morgan fingerprint density at radius 1 is 1.03 bits per heavy atom. The number of nitrogens with zero attached hydrogens (tertiary/aromatic N) is 2. The predicted molar refractivity (Wildman–Crippen MR) is 126 cm³/mol. The lowest BCUT2D eigenvalue weighted by atomic mass is 10.0. The van der Waals surface area contributed by atoms with Crippen LogP contribution in [0, 0.1) is 0 Å². The van der Waals surface area contributed by atoms with Gasteiger partial charge in [0.25, 0.3) is 5.91 Å². The Balaban J connectivity index is 1.51. The zero-order valence-corrected chi connectivity index (χ0v) is 20.1. The summed E-state index contributed by atoms with van der Waals surface area (Å²) in [6, 6.07) is 9.54. The van der Waals surface area contributed by atoms with Gasteiger partial charge in [0.1, 0.15) is 15.5 Å². The molecule has 0 saturated carbocycles. The minimum atomic E-state index is -3.63. The third-order valence-corrected chi connectivity index (χ3v) is 9.29. The Morgan fingerprint density at radius 3 is 2.34 bits per heavy atom. The van der Waals surface area contributed by atoms with Crippen molar-refractivity contribution in [3.8, 4) is 5.75 Å². The van der Waals surface area contributed by atoms with E-state index in [0.29, 0.717) is 19.6 Å². The third-order valence-electron chi connectivity index (χ3n) is 6.31. The zero-order chi connectivity index (χ0) is 22.6. The van der Waals surface area contributed by atoms with Crippen molar-refractivity contribution >= 4 is 27.3 Å². The van der Waals surface area contributed by atoms with Gasteiger partial charge in [0.05, 0.1) is 13.2 Å². The minimum absolute atomic E-state index is 0.0313. The molecule has 4 rings (SSSR count).